The number of hydrogen-bond acceptors (Lipinski definition) is 5. The van der Waals surface area contributed by atoms with Crippen LogP contribution in [0, 0.1) is 6.42 Å². The average Bonchev–Trinajstić information content (AvgIpc) is 2.59. The van der Waals surface area contributed by atoms with Crippen LogP contribution in [0.25, 0.3) is 0 Å². The molecule has 1 radical (unpaired) electrons. The van der Waals surface area contributed by atoms with Crippen LogP contribution in [-0.2, 0) is 0 Å². The van der Waals surface area contributed by atoms with E-state index in [1.54, 1.807) is 17.5 Å². The van der Waals surface area contributed by atoms with E-state index in [-0.39, 0.29) is 0 Å². The molecular weight excluding hydrogens is 172 g/mol. The summed E-state index contributed by atoms with van der Waals surface area (Å²) in [6, 6.07) is 0. The van der Waals surface area contributed by atoms with E-state index in [2.05, 4.69) is 19.9 Å². The quantitative estimate of drug-likeness (QED) is 0.684. The first-order valence-corrected chi connectivity index (χ1v) is 4.19. The molecule has 2 rings (SSSR count). The van der Waals surface area contributed by atoms with E-state index in [9.17, 15) is 0 Å². The monoisotopic (exact) mass is 177 g/mol. The molecule has 0 amide bonds. The van der Waals surface area contributed by atoms with Crippen LogP contribution in [0.4, 0.5) is 0 Å². The number of hydrogen-bond donors (Lipinski definition) is 0. The standard InChI is InChI=1S/C7H5N4S/c1-2-12-7(9-1)3-6-10-4-8-5-11-6/h1-5H. The van der Waals surface area contributed by atoms with Crippen molar-refractivity contribution in [2.24, 2.45) is 0 Å². The average molecular weight is 177 g/mol. The fraction of sp³-hybridized carbons (Fsp3) is 0. The molecule has 0 saturated carbocycles. The highest BCUT2D eigenvalue weighted by Crippen LogP contribution is 2.09. The molecule has 0 N–H and O–H groups in total. The minimum atomic E-state index is 0.639. The van der Waals surface area contributed by atoms with Crippen LogP contribution in [0.1, 0.15) is 10.8 Å². The maximum absolute atomic E-state index is 4.07. The molecule has 2 aromatic heterocycles. The van der Waals surface area contributed by atoms with E-state index in [4.69, 9.17) is 0 Å². The molecule has 0 aliphatic carbocycles. The molecule has 0 aromatic carbocycles. The first-order valence-electron chi connectivity index (χ1n) is 3.31. The Hall–Kier alpha value is -1.36. The predicted octanol–water partition coefficient (Wildman–Crippen LogP) is 0.929. The van der Waals surface area contributed by atoms with Gasteiger partial charge < -0.3 is 0 Å². The fourth-order valence-corrected chi connectivity index (χ4v) is 1.30. The number of thiazole rings is 1. The fourth-order valence-electron chi connectivity index (χ4n) is 0.739. The van der Waals surface area contributed by atoms with Crippen molar-refractivity contribution in [2.75, 3.05) is 0 Å². The van der Waals surface area contributed by atoms with Crippen molar-refractivity contribution < 1.29 is 0 Å². The van der Waals surface area contributed by atoms with Crippen LogP contribution in [0.3, 0.4) is 0 Å². The van der Waals surface area contributed by atoms with Gasteiger partial charge in [0.2, 0.25) is 0 Å². The third-order valence-corrected chi connectivity index (χ3v) is 1.94. The van der Waals surface area contributed by atoms with E-state index in [0.717, 1.165) is 5.01 Å². The zero-order valence-corrected chi connectivity index (χ0v) is 6.90. The first kappa shape index (κ1) is 7.30. The molecule has 12 heavy (non-hydrogen) atoms. The van der Waals surface area contributed by atoms with Crippen LogP contribution in [0.15, 0.2) is 24.2 Å². The van der Waals surface area contributed by atoms with Crippen LogP contribution in [0.5, 0.6) is 0 Å². The number of nitrogens with zero attached hydrogens (tertiary/aromatic N) is 4. The Morgan fingerprint density at radius 2 is 2.00 bits per heavy atom. The Labute approximate surface area is 73.4 Å². The predicted molar refractivity (Wildman–Crippen MR) is 44.4 cm³/mol. The van der Waals surface area contributed by atoms with Crippen LogP contribution >= 0.6 is 11.3 Å². The molecule has 0 unspecified atom stereocenters. The van der Waals surface area contributed by atoms with Crippen LogP contribution in [-0.4, -0.2) is 19.9 Å². The summed E-state index contributed by atoms with van der Waals surface area (Å²) in [6.07, 6.45) is 6.49. The first-order chi connectivity index (χ1) is 5.95. The molecular formula is C7H5N4S. The van der Waals surface area contributed by atoms with Gasteiger partial charge in [-0.3, -0.25) is 0 Å². The Bertz CT molecular complexity index is 332. The molecule has 5 heteroatoms. The van der Waals surface area contributed by atoms with Gasteiger partial charge in [0.15, 0.2) is 0 Å². The lowest BCUT2D eigenvalue weighted by Gasteiger charge is -1.91. The van der Waals surface area contributed by atoms with E-state index in [0.29, 0.717) is 5.82 Å². The Kier molecular flexibility index (Phi) is 2.04. The number of rotatable bonds is 2. The van der Waals surface area contributed by atoms with Gasteiger partial charge >= 0.3 is 0 Å². The van der Waals surface area contributed by atoms with Crippen molar-refractivity contribution in [1.29, 1.82) is 0 Å². The normalized spacial score (nSPS) is 10.0. The third kappa shape index (κ3) is 1.62. The Morgan fingerprint density at radius 1 is 1.17 bits per heavy atom. The molecule has 0 spiro atoms. The summed E-state index contributed by atoms with van der Waals surface area (Å²) in [5.41, 5.74) is 0. The summed E-state index contributed by atoms with van der Waals surface area (Å²) in [7, 11) is 0. The smallest absolute Gasteiger partial charge is 0.143 e. The Morgan fingerprint density at radius 3 is 2.67 bits per heavy atom. The molecule has 0 fully saturated rings. The van der Waals surface area contributed by atoms with E-state index in [1.165, 1.54) is 12.7 Å². The molecule has 2 aromatic rings. The minimum Gasteiger partial charge on any atom is -0.249 e. The van der Waals surface area contributed by atoms with Crippen molar-refractivity contribution in [2.45, 2.75) is 0 Å². The maximum Gasteiger partial charge on any atom is 0.143 e. The van der Waals surface area contributed by atoms with Crippen molar-refractivity contribution in [1.82, 2.24) is 19.9 Å². The van der Waals surface area contributed by atoms with Crippen LogP contribution < -0.4 is 0 Å². The summed E-state index contributed by atoms with van der Waals surface area (Å²) in [5.74, 6) is 0.639. The molecule has 0 aliphatic heterocycles. The van der Waals surface area contributed by atoms with Gasteiger partial charge in [0.05, 0.1) is 6.42 Å². The van der Waals surface area contributed by atoms with Gasteiger partial charge in [0.1, 0.15) is 23.5 Å². The third-order valence-electron chi connectivity index (χ3n) is 1.22. The number of aromatic nitrogens is 4. The largest absolute Gasteiger partial charge is 0.249 e. The zero-order chi connectivity index (χ0) is 8.23. The second kappa shape index (κ2) is 3.36. The summed E-state index contributed by atoms with van der Waals surface area (Å²) in [4.78, 5) is 15.7. The SMILES string of the molecule is [CH](c1ncncn1)c1nccs1. The molecule has 0 saturated heterocycles. The molecule has 0 aliphatic rings. The summed E-state index contributed by atoms with van der Waals surface area (Å²) in [6.45, 7) is 0. The molecule has 59 valence electrons. The molecule has 4 nitrogen and oxygen atoms in total. The summed E-state index contributed by atoms with van der Waals surface area (Å²) < 4.78 is 0. The zero-order valence-electron chi connectivity index (χ0n) is 6.08. The van der Waals surface area contributed by atoms with E-state index >= 15 is 0 Å². The van der Waals surface area contributed by atoms with Crippen molar-refractivity contribution in [3.05, 3.63) is 41.5 Å². The van der Waals surface area contributed by atoms with E-state index in [1.807, 2.05) is 11.8 Å². The van der Waals surface area contributed by atoms with E-state index < -0.39 is 0 Å². The topological polar surface area (TPSA) is 51.6 Å². The van der Waals surface area contributed by atoms with Crippen molar-refractivity contribution in [3.8, 4) is 0 Å². The second-order valence-corrected chi connectivity index (χ2v) is 2.94. The van der Waals surface area contributed by atoms with Gasteiger partial charge in [-0.1, -0.05) is 0 Å². The second-order valence-electron chi connectivity index (χ2n) is 2.01. The van der Waals surface area contributed by atoms with Gasteiger partial charge in [-0.05, 0) is 0 Å². The van der Waals surface area contributed by atoms with Crippen molar-refractivity contribution in [3.63, 3.8) is 0 Å². The molecule has 0 bridgehead atoms. The lowest BCUT2D eigenvalue weighted by Crippen LogP contribution is -1.92. The lowest BCUT2D eigenvalue weighted by molar-refractivity contribution is 0.986. The van der Waals surface area contributed by atoms with Gasteiger partial charge in [0, 0.05) is 11.6 Å². The summed E-state index contributed by atoms with van der Waals surface area (Å²) >= 11 is 1.55. The van der Waals surface area contributed by atoms with Crippen molar-refractivity contribution >= 4 is 11.3 Å². The maximum atomic E-state index is 4.07. The minimum absolute atomic E-state index is 0.639. The Balaban J connectivity index is 2.15. The van der Waals surface area contributed by atoms with Gasteiger partial charge in [0.25, 0.3) is 0 Å². The summed E-state index contributed by atoms with van der Waals surface area (Å²) in [5, 5.41) is 2.81. The van der Waals surface area contributed by atoms with Gasteiger partial charge in [-0.15, -0.1) is 11.3 Å². The van der Waals surface area contributed by atoms with Crippen LogP contribution in [0.2, 0.25) is 0 Å². The lowest BCUT2D eigenvalue weighted by atomic mass is 10.4. The molecule has 0 atom stereocenters. The van der Waals surface area contributed by atoms with Gasteiger partial charge in [-0.25, -0.2) is 19.9 Å². The van der Waals surface area contributed by atoms with Gasteiger partial charge in [-0.2, -0.15) is 0 Å². The highest BCUT2D eigenvalue weighted by Gasteiger charge is 2.00. The highest BCUT2D eigenvalue weighted by molar-refractivity contribution is 7.09. The highest BCUT2D eigenvalue weighted by atomic mass is 32.1. The molecule has 2 heterocycles.